The number of nitrogens with zero attached hydrogens (tertiary/aromatic N) is 2. The number of azo groups is 1. The van der Waals surface area contributed by atoms with E-state index in [1.807, 2.05) is 0 Å². The first-order valence-corrected chi connectivity index (χ1v) is 4.65. The maximum absolute atomic E-state index is 10.8. The molecule has 0 spiro atoms. The minimum absolute atomic E-state index is 0.345. The van der Waals surface area contributed by atoms with Gasteiger partial charge in [-0.15, -0.1) is 5.11 Å². The summed E-state index contributed by atoms with van der Waals surface area (Å²) < 4.78 is 20.5. The zero-order chi connectivity index (χ0) is 9.14. The Balaban J connectivity index is 2.79. The molecule has 0 amide bonds. The van der Waals surface area contributed by atoms with E-state index in [1.54, 1.807) is 0 Å². The molecule has 3 N–H and O–H groups in total. The van der Waals surface area contributed by atoms with Gasteiger partial charge in [0.15, 0.2) is 6.17 Å². The average Bonchev–Trinajstić information content (AvgIpc) is 2.51. The van der Waals surface area contributed by atoms with E-state index in [-0.39, 0.29) is 5.11 Å². The second kappa shape index (κ2) is 3.76. The third-order valence-electron chi connectivity index (χ3n) is 1.02. The van der Waals surface area contributed by atoms with Crippen molar-refractivity contribution in [1.82, 2.24) is 5.32 Å². The van der Waals surface area contributed by atoms with Crippen molar-refractivity contribution in [3.63, 3.8) is 0 Å². The Bertz CT molecular complexity index is 350. The Morgan fingerprint density at radius 1 is 1.67 bits per heavy atom. The molecular weight excluding hydrogens is 204 g/mol. The maximum Gasteiger partial charge on any atom is 0.253 e. The highest BCUT2D eigenvalue weighted by molar-refractivity contribution is 8.11. The highest BCUT2D eigenvalue weighted by Crippen LogP contribution is 2.04. The van der Waals surface area contributed by atoms with E-state index in [4.69, 9.17) is 5.14 Å². The minimum Gasteiger partial charge on any atom is -0.282 e. The summed E-state index contributed by atoms with van der Waals surface area (Å²) in [4.78, 5) is 10.8. The summed E-state index contributed by atoms with van der Waals surface area (Å²) in [5.41, 5.74) is 0. The molecule has 1 aliphatic rings. The number of rotatable bonds is 1. The fourth-order valence-corrected chi connectivity index (χ4v) is 1.09. The normalized spacial score (nSPS) is 21.4. The topological polar surface area (TPSA) is 114 Å². The van der Waals surface area contributed by atoms with Crippen LogP contribution in [0.5, 0.6) is 0 Å². The van der Waals surface area contributed by atoms with Gasteiger partial charge in [0.1, 0.15) is 0 Å². The lowest BCUT2D eigenvalue weighted by atomic mass is 10.6. The number of hydrogen-bond donors (Lipinski definition) is 2. The first kappa shape index (κ1) is 9.32. The fraction of sp³-hybridized carbons (Fsp3) is 0.333. The van der Waals surface area contributed by atoms with Crippen LogP contribution in [0.2, 0.25) is 0 Å². The van der Waals surface area contributed by atoms with Crippen LogP contribution in [0.15, 0.2) is 10.2 Å². The third-order valence-corrected chi connectivity index (χ3v) is 1.99. The molecule has 0 bridgehead atoms. The summed E-state index contributed by atoms with van der Waals surface area (Å²) in [7, 11) is -2.49. The third kappa shape index (κ3) is 1.88. The second-order valence-electron chi connectivity index (χ2n) is 1.74. The van der Waals surface area contributed by atoms with E-state index in [0.29, 0.717) is 11.9 Å². The quantitative estimate of drug-likeness (QED) is 0.399. The van der Waals surface area contributed by atoms with Crippen molar-refractivity contribution in [3.8, 4) is 0 Å². The van der Waals surface area contributed by atoms with Gasteiger partial charge in [0, 0.05) is 0 Å². The number of carbonyl (C=O) groups is 1. The summed E-state index contributed by atoms with van der Waals surface area (Å²) in [5, 5.41) is 12.9. The zero-order valence-corrected chi connectivity index (χ0v) is 7.22. The lowest BCUT2D eigenvalue weighted by Gasteiger charge is -1.98. The Morgan fingerprint density at radius 2 is 2.33 bits per heavy atom. The lowest BCUT2D eigenvalue weighted by Crippen LogP contribution is -2.33. The Labute approximate surface area is 73.1 Å². The van der Waals surface area contributed by atoms with Crippen molar-refractivity contribution in [2.24, 2.45) is 15.4 Å². The van der Waals surface area contributed by atoms with E-state index < -0.39 is 21.6 Å². The van der Waals surface area contributed by atoms with Crippen LogP contribution in [0.25, 0.3) is 0 Å². The molecule has 0 aliphatic carbocycles. The Kier molecular flexibility index (Phi) is 2.92. The van der Waals surface area contributed by atoms with Crippen LogP contribution in [-0.2, 0) is 15.1 Å². The SMILES string of the molecule is NSC(=O)C1N=NC(=S(=O)=O)N1. The predicted octanol–water partition coefficient (Wildman–Crippen LogP) is -1.53. The summed E-state index contributed by atoms with van der Waals surface area (Å²) in [6.45, 7) is 0. The van der Waals surface area contributed by atoms with Crippen molar-refractivity contribution in [2.75, 3.05) is 0 Å². The molecule has 66 valence electrons. The minimum atomic E-state index is -2.49. The number of nitrogens with one attached hydrogen (secondary N) is 1. The van der Waals surface area contributed by atoms with Gasteiger partial charge in [-0.05, 0) is 11.9 Å². The smallest absolute Gasteiger partial charge is 0.253 e. The van der Waals surface area contributed by atoms with E-state index in [9.17, 15) is 13.2 Å². The molecule has 1 heterocycles. The van der Waals surface area contributed by atoms with Gasteiger partial charge in [-0.1, -0.05) is 0 Å². The van der Waals surface area contributed by atoms with Crippen molar-refractivity contribution in [3.05, 3.63) is 0 Å². The molecular formula is C3H4N4O3S2. The molecule has 0 saturated carbocycles. The second-order valence-corrected chi connectivity index (χ2v) is 3.23. The van der Waals surface area contributed by atoms with E-state index in [1.165, 1.54) is 0 Å². The van der Waals surface area contributed by atoms with Crippen LogP contribution >= 0.6 is 11.9 Å². The fourth-order valence-electron chi connectivity index (χ4n) is 0.537. The average molecular weight is 208 g/mol. The van der Waals surface area contributed by atoms with E-state index >= 15 is 0 Å². The van der Waals surface area contributed by atoms with Crippen LogP contribution in [0.4, 0.5) is 0 Å². The molecule has 12 heavy (non-hydrogen) atoms. The monoisotopic (exact) mass is 208 g/mol. The standard InChI is InChI=1S/C3H4N4O3S2/c4-11-2(8)1-5-3(7-6-1)12(9)10/h1,5H,4H2. The van der Waals surface area contributed by atoms with Gasteiger partial charge < -0.3 is 0 Å². The molecule has 7 nitrogen and oxygen atoms in total. The number of carbonyl (C=O) groups excluding carboxylic acids is 1. The number of hydrogen-bond acceptors (Lipinski definition) is 6. The van der Waals surface area contributed by atoms with Gasteiger partial charge >= 0.3 is 0 Å². The van der Waals surface area contributed by atoms with Crippen LogP contribution in [-0.4, -0.2) is 24.8 Å². The molecule has 1 unspecified atom stereocenters. The van der Waals surface area contributed by atoms with Gasteiger partial charge in [-0.2, -0.15) is 13.5 Å². The van der Waals surface area contributed by atoms with Gasteiger partial charge in [0.05, 0.1) is 0 Å². The summed E-state index contributed by atoms with van der Waals surface area (Å²) >= 11 is 0.466. The van der Waals surface area contributed by atoms with Crippen LogP contribution in [0.3, 0.4) is 0 Å². The first-order valence-electron chi connectivity index (χ1n) is 2.69. The molecule has 0 fully saturated rings. The predicted molar refractivity (Wildman–Crippen MR) is 42.5 cm³/mol. The first-order chi connectivity index (χ1) is 5.65. The van der Waals surface area contributed by atoms with E-state index in [2.05, 4.69) is 15.5 Å². The Morgan fingerprint density at radius 3 is 2.75 bits per heavy atom. The molecule has 0 radical (unpaired) electrons. The molecule has 1 rings (SSSR count). The van der Waals surface area contributed by atoms with Gasteiger partial charge in [-0.3, -0.25) is 9.93 Å². The zero-order valence-electron chi connectivity index (χ0n) is 5.59. The summed E-state index contributed by atoms with van der Waals surface area (Å²) in [6, 6.07) is 0. The van der Waals surface area contributed by atoms with Crippen LogP contribution in [0, 0.1) is 0 Å². The largest absolute Gasteiger partial charge is 0.282 e. The molecule has 0 aromatic carbocycles. The summed E-state index contributed by atoms with van der Waals surface area (Å²) in [5.74, 6) is 0. The van der Waals surface area contributed by atoms with E-state index in [0.717, 1.165) is 0 Å². The van der Waals surface area contributed by atoms with Crippen molar-refractivity contribution >= 4 is 32.5 Å². The lowest BCUT2D eigenvalue weighted by molar-refractivity contribution is -0.112. The van der Waals surface area contributed by atoms with Crippen LogP contribution < -0.4 is 10.5 Å². The van der Waals surface area contributed by atoms with Gasteiger partial charge in [-0.25, -0.2) is 5.32 Å². The Hall–Kier alpha value is -0.770. The van der Waals surface area contributed by atoms with Gasteiger partial charge in [0.25, 0.3) is 15.4 Å². The molecule has 1 aliphatic heterocycles. The van der Waals surface area contributed by atoms with Crippen LogP contribution in [0.1, 0.15) is 0 Å². The molecule has 0 aromatic rings. The molecule has 1 atom stereocenters. The summed E-state index contributed by atoms with van der Waals surface area (Å²) in [6.07, 6.45) is -0.979. The molecule has 0 saturated heterocycles. The van der Waals surface area contributed by atoms with Crippen molar-refractivity contribution in [2.45, 2.75) is 6.17 Å². The molecule has 9 heteroatoms. The van der Waals surface area contributed by atoms with Crippen molar-refractivity contribution < 1.29 is 13.2 Å². The number of nitrogens with two attached hydrogens (primary N) is 1. The highest BCUT2D eigenvalue weighted by Gasteiger charge is 2.24. The maximum atomic E-state index is 10.8. The van der Waals surface area contributed by atoms with Crippen molar-refractivity contribution in [1.29, 1.82) is 0 Å². The highest BCUT2D eigenvalue weighted by atomic mass is 32.2. The molecule has 0 aromatic heterocycles. The van der Waals surface area contributed by atoms with Gasteiger partial charge in [0.2, 0.25) is 5.12 Å².